The van der Waals surface area contributed by atoms with Gasteiger partial charge in [0.05, 0.1) is 0 Å². The van der Waals surface area contributed by atoms with Crippen molar-refractivity contribution in [1.82, 2.24) is 0 Å². The minimum atomic E-state index is -0.457. The van der Waals surface area contributed by atoms with Gasteiger partial charge in [-0.1, -0.05) is 249 Å². The van der Waals surface area contributed by atoms with Gasteiger partial charge in [0, 0.05) is 32.5 Å². The molecule has 80 heavy (non-hydrogen) atoms. The van der Waals surface area contributed by atoms with E-state index in [1.54, 1.807) is 0 Å². The summed E-state index contributed by atoms with van der Waals surface area (Å²) in [5, 5.41) is 68.7. The van der Waals surface area contributed by atoms with Gasteiger partial charge >= 0.3 is 51.7 Å². The molecule has 456 valence electrons. The van der Waals surface area contributed by atoms with Crippen LogP contribution in [0.2, 0.25) is 0 Å². The summed E-state index contributed by atoms with van der Waals surface area (Å²) in [6.45, 7) is 65.1. The van der Waals surface area contributed by atoms with E-state index in [2.05, 4.69) is 0 Å². The molecule has 0 rings (SSSR count). The van der Waals surface area contributed by atoms with Crippen molar-refractivity contribution in [2.24, 2.45) is 65.0 Å². The summed E-state index contributed by atoms with van der Waals surface area (Å²) in [5.41, 5.74) is -5.49. The summed E-state index contributed by atoms with van der Waals surface area (Å²) in [6, 6.07) is 0. The second kappa shape index (κ2) is 34.7. The maximum Gasteiger partial charge on any atom is 3.00 e. The van der Waals surface area contributed by atoms with Crippen LogP contribution in [-0.2, 0) is 80.5 Å². The van der Waals surface area contributed by atoms with Gasteiger partial charge in [-0.25, -0.2) is 0 Å². The summed E-state index contributed by atoms with van der Waals surface area (Å²) < 4.78 is 0. The number of ketones is 6. The van der Waals surface area contributed by atoms with E-state index in [1.807, 2.05) is 249 Å². The fraction of sp³-hybridized carbons (Fsp3) is 0.727. The van der Waals surface area contributed by atoms with Gasteiger partial charge in [0.15, 0.2) is 34.7 Å². The molecule has 0 N–H and O–H groups in total. The van der Waals surface area contributed by atoms with Gasteiger partial charge in [0.2, 0.25) is 0 Å². The molecule has 0 heterocycles. The Morgan fingerprint density at radius 2 is 0.237 bits per heavy atom. The molecule has 0 spiro atoms. The number of rotatable bonds is 6. The smallest absolute Gasteiger partial charge is 0.875 e. The number of carbonyl (C=O) groups is 6. The second-order valence-electron chi connectivity index (χ2n) is 32.2. The number of hydrogen-bond donors (Lipinski definition) is 0. The predicted molar refractivity (Wildman–Crippen MR) is 312 cm³/mol. The molecule has 0 saturated carbocycles. The Hall–Kier alpha value is -3.00. The van der Waals surface area contributed by atoms with Crippen molar-refractivity contribution < 1.29 is 111 Å². The van der Waals surface area contributed by atoms with Crippen LogP contribution in [0, 0.1) is 65.0 Å². The zero-order valence-electron chi connectivity index (χ0n) is 57.5. The third-order valence-electron chi connectivity index (χ3n) is 10.4. The minimum absolute atomic E-state index is 0. The van der Waals surface area contributed by atoms with Crippen LogP contribution in [0.1, 0.15) is 249 Å². The van der Waals surface area contributed by atoms with E-state index >= 15 is 0 Å². The van der Waals surface area contributed by atoms with Gasteiger partial charge in [0.25, 0.3) is 0 Å². The molecule has 0 saturated heterocycles. The fourth-order valence-corrected chi connectivity index (χ4v) is 3.31. The summed E-state index contributed by atoms with van der Waals surface area (Å²) in [5.74, 6) is -1.25. The molecule has 12 nitrogen and oxygen atoms in total. The number of allylic oxidation sites excluding steroid dienone is 12. The molecule has 14 heteroatoms. The van der Waals surface area contributed by atoms with E-state index < -0.39 is 65.0 Å². The molecule has 0 aromatic heterocycles. The van der Waals surface area contributed by atoms with Crippen molar-refractivity contribution >= 4 is 34.7 Å². The van der Waals surface area contributed by atoms with Crippen molar-refractivity contribution in [3.05, 3.63) is 71.0 Å². The van der Waals surface area contributed by atoms with Gasteiger partial charge in [-0.05, 0) is 68.9 Å². The van der Waals surface area contributed by atoms with Crippen molar-refractivity contribution in [2.75, 3.05) is 0 Å². The average Bonchev–Trinajstić information content (AvgIpc) is 3.14. The molecule has 0 unspecified atom stereocenters. The SMILES string of the molecule is CC(C)(C)C(=O)/C=C(\[O-])C(C)(C)C.CC(C)(C)C(=O)/C=C(\[O-])C(C)(C)C.CC(C)(C)C(=O)/C=C(\[O-])C(C)(C)C.CC(C)(C)C(=O)/C=C(\[O-])C(C)(C)C.CC(C)(C)C(=O)/C=C(\[O-])C(C)(C)C.CC(C)(C)C(=O)/C=C(\[O-])C(C)(C)C.[Sc+3].[Sc+3]. The molecular formula is C66H114O12Sc2. The largest absolute Gasteiger partial charge is 3.00 e. The Morgan fingerprint density at radius 1 is 0.175 bits per heavy atom. The Morgan fingerprint density at radius 3 is 0.275 bits per heavy atom. The molecular weight excluding hydrogens is 1070 g/mol. The van der Waals surface area contributed by atoms with Crippen LogP contribution in [-0.4, -0.2) is 34.7 Å². The van der Waals surface area contributed by atoms with Crippen LogP contribution in [0.25, 0.3) is 0 Å². The monoisotopic (exact) mass is 1190 g/mol. The third-order valence-corrected chi connectivity index (χ3v) is 10.4. The van der Waals surface area contributed by atoms with Crippen LogP contribution < -0.4 is 30.6 Å². The van der Waals surface area contributed by atoms with Crippen molar-refractivity contribution in [1.29, 1.82) is 0 Å². The van der Waals surface area contributed by atoms with Gasteiger partial charge in [-0.3, -0.25) is 28.8 Å². The summed E-state index contributed by atoms with van der Waals surface area (Å²) >= 11 is 0. The van der Waals surface area contributed by atoms with Crippen LogP contribution in [0.5, 0.6) is 0 Å². The van der Waals surface area contributed by atoms with Crippen LogP contribution in [0.15, 0.2) is 71.0 Å². The first-order chi connectivity index (χ1) is 33.3. The molecule has 0 amide bonds. The van der Waals surface area contributed by atoms with Gasteiger partial charge in [0.1, 0.15) is 0 Å². The summed E-state index contributed by atoms with van der Waals surface area (Å²) in [6.07, 6.45) is 7.33. The van der Waals surface area contributed by atoms with Crippen LogP contribution in [0.3, 0.4) is 0 Å². The summed E-state index contributed by atoms with van der Waals surface area (Å²) in [7, 11) is 0. The average molecular weight is 1190 g/mol. The maximum absolute atomic E-state index is 11.4. The first-order valence-electron chi connectivity index (χ1n) is 26.9. The van der Waals surface area contributed by atoms with Crippen LogP contribution in [0.4, 0.5) is 0 Å². The normalized spacial score (nSPS) is 14.1. The molecule has 0 fully saturated rings. The first-order valence-corrected chi connectivity index (χ1v) is 26.9. The molecule has 0 aliphatic carbocycles. The predicted octanol–water partition coefficient (Wildman–Crippen LogP) is 11.3. The van der Waals surface area contributed by atoms with Gasteiger partial charge in [-0.15, -0.1) is 34.6 Å². The zero-order valence-corrected chi connectivity index (χ0v) is 61.1. The minimum Gasteiger partial charge on any atom is -0.875 e. The van der Waals surface area contributed by atoms with Crippen molar-refractivity contribution in [3.8, 4) is 0 Å². The van der Waals surface area contributed by atoms with E-state index in [1.165, 1.54) is 36.5 Å². The fourth-order valence-electron chi connectivity index (χ4n) is 3.31. The molecule has 0 aliphatic rings. The molecule has 0 atom stereocenters. The second-order valence-corrected chi connectivity index (χ2v) is 32.2. The number of carbonyl (C=O) groups excluding carboxylic acids is 6. The Balaban J connectivity index is -0.000000129. The Labute approximate surface area is 527 Å². The first kappa shape index (κ1) is 93.4. The molecule has 0 bridgehead atoms. The third kappa shape index (κ3) is 47.5. The standard InChI is InChI=1S/6C11H20O2.2Sc/c6*1-10(2,3)8(12)7-9(13)11(4,5)6;;/h6*7,12H,1-6H3;;/q;;;;;;2*+3/p-6/b6*8-7-;;. The molecule has 0 aromatic carbocycles. The van der Waals surface area contributed by atoms with Crippen molar-refractivity contribution in [3.63, 3.8) is 0 Å². The van der Waals surface area contributed by atoms with Gasteiger partial charge in [-0.2, -0.15) is 0 Å². The Kier molecular flexibility index (Phi) is 40.5. The Bertz CT molecular complexity index is 1760. The quantitative estimate of drug-likeness (QED) is 0.178. The van der Waals surface area contributed by atoms with Crippen LogP contribution >= 0.6 is 0 Å². The zero-order chi connectivity index (χ0) is 65.2. The molecule has 0 radical (unpaired) electrons. The molecule has 0 aromatic rings. The topological polar surface area (TPSA) is 241 Å². The van der Waals surface area contributed by atoms with Gasteiger partial charge < -0.3 is 30.6 Å². The van der Waals surface area contributed by atoms with E-state index in [0.717, 1.165) is 0 Å². The number of hydrogen-bond acceptors (Lipinski definition) is 12. The molecule has 0 aliphatic heterocycles. The summed E-state index contributed by atoms with van der Waals surface area (Å²) in [4.78, 5) is 68.7. The van der Waals surface area contributed by atoms with E-state index in [0.29, 0.717) is 0 Å². The maximum atomic E-state index is 11.4. The van der Waals surface area contributed by atoms with E-state index in [-0.39, 0.29) is 121 Å². The van der Waals surface area contributed by atoms with Crippen molar-refractivity contribution in [2.45, 2.75) is 249 Å². The van der Waals surface area contributed by atoms with E-state index in [9.17, 15) is 59.4 Å². The van der Waals surface area contributed by atoms with E-state index in [4.69, 9.17) is 0 Å².